The highest BCUT2D eigenvalue weighted by Crippen LogP contribution is 2.26. The summed E-state index contributed by atoms with van der Waals surface area (Å²) < 4.78 is 0. The maximum Gasteiger partial charge on any atom is 0.230 e. The second-order valence-corrected chi connectivity index (χ2v) is 5.63. The first-order valence-electron chi connectivity index (χ1n) is 7.02. The zero-order chi connectivity index (χ0) is 12.3. The third kappa shape index (κ3) is 3.08. The van der Waals surface area contributed by atoms with Gasteiger partial charge in [0.2, 0.25) is 5.91 Å². The fourth-order valence-electron chi connectivity index (χ4n) is 3.07. The largest absolute Gasteiger partial charge is 0.353 e. The van der Waals surface area contributed by atoms with Gasteiger partial charge in [-0.2, -0.15) is 0 Å². The molecule has 0 spiro atoms. The number of carbonyl (C=O) groups excluding carboxylic acids is 2. The summed E-state index contributed by atoms with van der Waals surface area (Å²) in [6.45, 7) is 1.95. The van der Waals surface area contributed by atoms with Gasteiger partial charge >= 0.3 is 0 Å². The van der Waals surface area contributed by atoms with Gasteiger partial charge in [0.25, 0.3) is 0 Å². The Morgan fingerprint density at radius 1 is 1.06 bits per heavy atom. The van der Waals surface area contributed by atoms with Crippen molar-refractivity contribution in [2.45, 2.75) is 64.3 Å². The van der Waals surface area contributed by atoms with E-state index in [2.05, 4.69) is 5.32 Å². The van der Waals surface area contributed by atoms with Crippen molar-refractivity contribution >= 4 is 11.7 Å². The van der Waals surface area contributed by atoms with Gasteiger partial charge in [0.1, 0.15) is 5.78 Å². The van der Waals surface area contributed by atoms with Crippen LogP contribution in [0.3, 0.4) is 0 Å². The summed E-state index contributed by atoms with van der Waals surface area (Å²) in [5, 5.41) is 3.08. The Kier molecular flexibility index (Phi) is 4.19. The maximum atomic E-state index is 12.1. The highest BCUT2D eigenvalue weighted by atomic mass is 16.2. The molecule has 3 nitrogen and oxygen atoms in total. The van der Waals surface area contributed by atoms with Crippen molar-refractivity contribution in [2.24, 2.45) is 11.8 Å². The van der Waals surface area contributed by atoms with Crippen LogP contribution in [0, 0.1) is 11.8 Å². The van der Waals surface area contributed by atoms with Crippen molar-refractivity contribution in [3.05, 3.63) is 0 Å². The Balaban J connectivity index is 1.87. The molecule has 2 saturated carbocycles. The van der Waals surface area contributed by atoms with Gasteiger partial charge in [0.15, 0.2) is 0 Å². The molecule has 1 N–H and O–H groups in total. The minimum absolute atomic E-state index is 0.00606. The van der Waals surface area contributed by atoms with Gasteiger partial charge in [0.05, 0.1) is 5.92 Å². The SMILES string of the molecule is CC1CCCC(C(=O)NC2CCCCC2)C1=O. The molecule has 96 valence electrons. The molecule has 2 fully saturated rings. The number of Topliss-reactive ketones (excluding diaryl/α,β-unsaturated/α-hetero) is 1. The third-order valence-corrected chi connectivity index (χ3v) is 4.23. The molecular weight excluding hydrogens is 214 g/mol. The monoisotopic (exact) mass is 237 g/mol. The maximum absolute atomic E-state index is 12.1. The predicted octanol–water partition coefficient (Wildman–Crippen LogP) is 2.44. The lowest BCUT2D eigenvalue weighted by Gasteiger charge is -2.28. The van der Waals surface area contributed by atoms with Crippen molar-refractivity contribution in [3.63, 3.8) is 0 Å². The van der Waals surface area contributed by atoms with E-state index in [1.54, 1.807) is 0 Å². The van der Waals surface area contributed by atoms with Crippen LogP contribution in [0.25, 0.3) is 0 Å². The molecule has 0 heterocycles. The molecule has 2 aliphatic carbocycles. The Morgan fingerprint density at radius 3 is 2.47 bits per heavy atom. The number of nitrogens with one attached hydrogen (secondary N) is 1. The topological polar surface area (TPSA) is 46.2 Å². The summed E-state index contributed by atoms with van der Waals surface area (Å²) in [6, 6.07) is 0.321. The van der Waals surface area contributed by atoms with Crippen LogP contribution in [0.2, 0.25) is 0 Å². The van der Waals surface area contributed by atoms with Gasteiger partial charge in [-0.15, -0.1) is 0 Å². The zero-order valence-corrected chi connectivity index (χ0v) is 10.7. The van der Waals surface area contributed by atoms with Crippen molar-refractivity contribution in [2.75, 3.05) is 0 Å². The van der Waals surface area contributed by atoms with E-state index in [9.17, 15) is 9.59 Å². The Bertz CT molecular complexity index is 295. The smallest absolute Gasteiger partial charge is 0.230 e. The highest BCUT2D eigenvalue weighted by Gasteiger charge is 2.34. The number of amides is 1. The normalized spacial score (nSPS) is 31.2. The first-order valence-corrected chi connectivity index (χ1v) is 7.02. The van der Waals surface area contributed by atoms with E-state index in [1.807, 2.05) is 6.92 Å². The summed E-state index contributed by atoms with van der Waals surface area (Å²) in [5.74, 6) is -0.135. The molecule has 2 unspecified atom stereocenters. The van der Waals surface area contributed by atoms with Gasteiger partial charge in [-0.25, -0.2) is 0 Å². The third-order valence-electron chi connectivity index (χ3n) is 4.23. The van der Waals surface area contributed by atoms with Crippen LogP contribution in [-0.4, -0.2) is 17.7 Å². The molecule has 0 saturated heterocycles. The lowest BCUT2D eigenvalue weighted by Crippen LogP contribution is -2.44. The van der Waals surface area contributed by atoms with Crippen molar-refractivity contribution in [3.8, 4) is 0 Å². The quantitative estimate of drug-likeness (QED) is 0.750. The first kappa shape index (κ1) is 12.6. The molecular formula is C14H23NO2. The predicted molar refractivity (Wildman–Crippen MR) is 66.5 cm³/mol. The van der Waals surface area contributed by atoms with Crippen LogP contribution in [0.1, 0.15) is 58.3 Å². The first-order chi connectivity index (χ1) is 8.18. The minimum Gasteiger partial charge on any atom is -0.353 e. The molecule has 0 aromatic rings. The lowest BCUT2D eigenvalue weighted by atomic mass is 9.80. The van der Waals surface area contributed by atoms with E-state index in [-0.39, 0.29) is 23.5 Å². The van der Waals surface area contributed by atoms with E-state index in [1.165, 1.54) is 19.3 Å². The summed E-state index contributed by atoms with van der Waals surface area (Å²) in [5.41, 5.74) is 0. The van der Waals surface area contributed by atoms with Crippen LogP contribution in [0.15, 0.2) is 0 Å². The average Bonchev–Trinajstić information content (AvgIpc) is 2.34. The van der Waals surface area contributed by atoms with Crippen LogP contribution >= 0.6 is 0 Å². The van der Waals surface area contributed by atoms with Gasteiger partial charge in [0, 0.05) is 12.0 Å². The molecule has 0 aromatic carbocycles. The molecule has 2 aliphatic rings. The summed E-state index contributed by atoms with van der Waals surface area (Å²) in [4.78, 5) is 24.0. The second kappa shape index (κ2) is 5.65. The number of rotatable bonds is 2. The molecule has 0 radical (unpaired) electrons. The van der Waals surface area contributed by atoms with E-state index in [0.29, 0.717) is 6.04 Å². The fourth-order valence-corrected chi connectivity index (χ4v) is 3.07. The number of ketones is 1. The molecule has 0 aromatic heterocycles. The van der Waals surface area contributed by atoms with Crippen molar-refractivity contribution in [1.29, 1.82) is 0 Å². The Morgan fingerprint density at radius 2 is 1.76 bits per heavy atom. The van der Waals surface area contributed by atoms with Gasteiger partial charge in [-0.3, -0.25) is 9.59 Å². The van der Waals surface area contributed by atoms with Gasteiger partial charge in [-0.1, -0.05) is 32.6 Å². The molecule has 2 atom stereocenters. The van der Waals surface area contributed by atoms with Crippen LogP contribution in [0.4, 0.5) is 0 Å². The number of carbonyl (C=O) groups is 2. The van der Waals surface area contributed by atoms with Crippen LogP contribution < -0.4 is 5.32 Å². The Labute approximate surface area is 103 Å². The van der Waals surface area contributed by atoms with Gasteiger partial charge in [-0.05, 0) is 25.7 Å². The summed E-state index contributed by atoms with van der Waals surface area (Å²) in [7, 11) is 0. The molecule has 0 aliphatic heterocycles. The second-order valence-electron chi connectivity index (χ2n) is 5.63. The average molecular weight is 237 g/mol. The highest BCUT2D eigenvalue weighted by molar-refractivity contribution is 6.02. The molecule has 0 bridgehead atoms. The van der Waals surface area contributed by atoms with E-state index >= 15 is 0 Å². The van der Waals surface area contributed by atoms with E-state index in [0.717, 1.165) is 32.1 Å². The Hall–Kier alpha value is -0.860. The van der Waals surface area contributed by atoms with E-state index in [4.69, 9.17) is 0 Å². The van der Waals surface area contributed by atoms with Crippen molar-refractivity contribution < 1.29 is 9.59 Å². The fraction of sp³-hybridized carbons (Fsp3) is 0.857. The molecule has 1 amide bonds. The standard InChI is InChI=1S/C14H23NO2/c1-10-6-5-9-12(13(10)16)14(17)15-11-7-3-2-4-8-11/h10-12H,2-9H2,1H3,(H,15,17). The van der Waals surface area contributed by atoms with Crippen molar-refractivity contribution in [1.82, 2.24) is 5.32 Å². The minimum atomic E-state index is -0.360. The number of hydrogen-bond acceptors (Lipinski definition) is 2. The summed E-state index contributed by atoms with van der Waals surface area (Å²) in [6.07, 6.45) is 8.58. The molecule has 3 heteroatoms. The number of hydrogen-bond donors (Lipinski definition) is 1. The summed E-state index contributed by atoms with van der Waals surface area (Å²) >= 11 is 0. The zero-order valence-electron chi connectivity index (χ0n) is 10.7. The van der Waals surface area contributed by atoms with E-state index < -0.39 is 0 Å². The lowest BCUT2D eigenvalue weighted by molar-refractivity contribution is -0.138. The van der Waals surface area contributed by atoms with Crippen LogP contribution in [0.5, 0.6) is 0 Å². The van der Waals surface area contributed by atoms with Gasteiger partial charge < -0.3 is 5.32 Å². The van der Waals surface area contributed by atoms with Crippen LogP contribution in [-0.2, 0) is 9.59 Å². The molecule has 17 heavy (non-hydrogen) atoms. The molecule has 2 rings (SSSR count).